The summed E-state index contributed by atoms with van der Waals surface area (Å²) in [5, 5.41) is 5.09. The van der Waals surface area contributed by atoms with E-state index < -0.39 is 5.82 Å². The largest absolute Gasteiger partial charge is 0.466 e. The van der Waals surface area contributed by atoms with E-state index in [9.17, 15) is 14.0 Å². The van der Waals surface area contributed by atoms with Gasteiger partial charge in [-0.3, -0.25) is 9.59 Å². The molecule has 1 aromatic carbocycles. The number of carbonyl (C=O) groups excluding carboxylic acids is 2. The van der Waals surface area contributed by atoms with Gasteiger partial charge in [0.05, 0.1) is 11.3 Å². The highest BCUT2D eigenvalue weighted by Crippen LogP contribution is 2.14. The molecule has 2 N–H and O–H groups in total. The molecule has 0 aliphatic rings. The Morgan fingerprint density at radius 1 is 1.23 bits per heavy atom. The summed E-state index contributed by atoms with van der Waals surface area (Å²) in [6.07, 6.45) is 0.0515. The number of carbonyl (C=O) groups is 2. The Kier molecular flexibility index (Phi) is 4.93. The van der Waals surface area contributed by atoms with Crippen molar-refractivity contribution in [3.05, 3.63) is 53.2 Å². The van der Waals surface area contributed by atoms with Gasteiger partial charge in [0.15, 0.2) is 0 Å². The van der Waals surface area contributed by atoms with E-state index in [0.717, 1.165) is 0 Å². The second-order valence-electron chi connectivity index (χ2n) is 4.86. The van der Waals surface area contributed by atoms with Gasteiger partial charge in [-0.05, 0) is 32.0 Å². The molecular weight excluding hydrogens is 287 g/mol. The third-order valence-electron chi connectivity index (χ3n) is 3.07. The molecule has 1 heterocycles. The van der Waals surface area contributed by atoms with Gasteiger partial charge < -0.3 is 15.1 Å². The number of para-hydroxylation sites is 1. The number of anilines is 1. The molecule has 2 aromatic rings. The molecule has 0 bridgehead atoms. The molecule has 2 rings (SSSR count). The van der Waals surface area contributed by atoms with Gasteiger partial charge in [0.25, 0.3) is 5.91 Å². The first-order chi connectivity index (χ1) is 10.5. The fourth-order valence-electron chi connectivity index (χ4n) is 2.02. The van der Waals surface area contributed by atoms with Crippen molar-refractivity contribution in [2.45, 2.75) is 20.3 Å². The molecule has 0 radical (unpaired) electrons. The Morgan fingerprint density at radius 3 is 2.59 bits per heavy atom. The topological polar surface area (TPSA) is 71.3 Å². The van der Waals surface area contributed by atoms with E-state index >= 15 is 0 Å². The predicted octanol–water partition coefficient (Wildman–Crippen LogP) is 2.79. The Morgan fingerprint density at radius 2 is 1.95 bits per heavy atom. The average molecular weight is 304 g/mol. The van der Waals surface area contributed by atoms with Crippen LogP contribution in [-0.4, -0.2) is 18.4 Å². The first-order valence-electron chi connectivity index (χ1n) is 6.87. The summed E-state index contributed by atoms with van der Waals surface area (Å²) >= 11 is 0. The molecule has 0 aliphatic carbocycles. The minimum Gasteiger partial charge on any atom is -0.466 e. The SMILES string of the molecule is Cc1cc(C(=O)NCCC(=O)Nc2ccccc2F)c(C)o1. The Balaban J connectivity index is 1.81. The number of rotatable bonds is 5. The van der Waals surface area contributed by atoms with Crippen molar-refractivity contribution in [1.29, 1.82) is 0 Å². The lowest BCUT2D eigenvalue weighted by Crippen LogP contribution is -2.27. The fraction of sp³-hybridized carbons (Fsp3) is 0.250. The minimum atomic E-state index is -0.496. The van der Waals surface area contributed by atoms with Crippen LogP contribution < -0.4 is 10.6 Å². The molecule has 0 saturated carbocycles. The van der Waals surface area contributed by atoms with E-state index in [1.807, 2.05) is 0 Å². The quantitative estimate of drug-likeness (QED) is 0.892. The van der Waals surface area contributed by atoms with Crippen molar-refractivity contribution in [1.82, 2.24) is 5.32 Å². The van der Waals surface area contributed by atoms with Crippen LogP contribution in [0, 0.1) is 19.7 Å². The van der Waals surface area contributed by atoms with Gasteiger partial charge >= 0.3 is 0 Å². The number of amides is 2. The monoisotopic (exact) mass is 304 g/mol. The van der Waals surface area contributed by atoms with Crippen molar-refractivity contribution in [3.8, 4) is 0 Å². The number of furan rings is 1. The molecule has 2 amide bonds. The normalized spacial score (nSPS) is 10.3. The third-order valence-corrected chi connectivity index (χ3v) is 3.07. The number of aryl methyl sites for hydroxylation is 2. The van der Waals surface area contributed by atoms with Gasteiger partial charge in [0.2, 0.25) is 5.91 Å². The lowest BCUT2D eigenvalue weighted by molar-refractivity contribution is -0.116. The maximum absolute atomic E-state index is 13.4. The van der Waals surface area contributed by atoms with Crippen LogP contribution >= 0.6 is 0 Å². The first kappa shape index (κ1) is 15.8. The van der Waals surface area contributed by atoms with E-state index in [2.05, 4.69) is 10.6 Å². The standard InChI is InChI=1S/C16H17FN2O3/c1-10-9-12(11(2)22-10)16(21)18-8-7-15(20)19-14-6-4-3-5-13(14)17/h3-6,9H,7-8H2,1-2H3,(H,18,21)(H,19,20). The summed E-state index contributed by atoms with van der Waals surface area (Å²) in [5.74, 6) is 0.0219. The second kappa shape index (κ2) is 6.89. The molecule has 22 heavy (non-hydrogen) atoms. The van der Waals surface area contributed by atoms with E-state index in [4.69, 9.17) is 4.42 Å². The molecule has 0 aliphatic heterocycles. The molecule has 0 unspecified atom stereocenters. The third kappa shape index (κ3) is 3.94. The molecule has 0 saturated heterocycles. The smallest absolute Gasteiger partial charge is 0.254 e. The van der Waals surface area contributed by atoms with Gasteiger partial charge in [-0.1, -0.05) is 12.1 Å². The van der Waals surface area contributed by atoms with Crippen molar-refractivity contribution in [3.63, 3.8) is 0 Å². The molecule has 0 fully saturated rings. The zero-order valence-electron chi connectivity index (χ0n) is 12.4. The fourth-order valence-corrected chi connectivity index (χ4v) is 2.02. The maximum atomic E-state index is 13.4. The van der Waals surface area contributed by atoms with E-state index in [1.54, 1.807) is 32.0 Å². The van der Waals surface area contributed by atoms with Gasteiger partial charge in [-0.15, -0.1) is 0 Å². The van der Waals surface area contributed by atoms with Crippen LogP contribution in [0.1, 0.15) is 28.3 Å². The van der Waals surface area contributed by atoms with Crippen LogP contribution in [0.3, 0.4) is 0 Å². The molecule has 0 spiro atoms. The van der Waals surface area contributed by atoms with E-state index in [1.165, 1.54) is 12.1 Å². The van der Waals surface area contributed by atoms with Crippen LogP contribution in [0.25, 0.3) is 0 Å². The van der Waals surface area contributed by atoms with Crippen molar-refractivity contribution in [2.24, 2.45) is 0 Å². The van der Waals surface area contributed by atoms with Crippen LogP contribution in [0.2, 0.25) is 0 Å². The molecule has 5 nitrogen and oxygen atoms in total. The maximum Gasteiger partial charge on any atom is 0.254 e. The molecular formula is C16H17FN2O3. The highest BCUT2D eigenvalue weighted by molar-refractivity contribution is 5.96. The number of benzene rings is 1. The Bertz CT molecular complexity index is 694. The molecule has 0 atom stereocenters. The predicted molar refractivity (Wildman–Crippen MR) is 80.2 cm³/mol. The van der Waals surface area contributed by atoms with E-state index in [0.29, 0.717) is 17.1 Å². The lowest BCUT2D eigenvalue weighted by Gasteiger charge is -2.07. The second-order valence-corrected chi connectivity index (χ2v) is 4.86. The highest BCUT2D eigenvalue weighted by atomic mass is 19.1. The average Bonchev–Trinajstić information content (AvgIpc) is 2.80. The Labute approximate surface area is 127 Å². The molecule has 6 heteroatoms. The van der Waals surface area contributed by atoms with Crippen LogP contribution in [0.5, 0.6) is 0 Å². The van der Waals surface area contributed by atoms with Gasteiger partial charge in [0.1, 0.15) is 17.3 Å². The van der Waals surface area contributed by atoms with Crippen LogP contribution in [-0.2, 0) is 4.79 Å². The Hall–Kier alpha value is -2.63. The summed E-state index contributed by atoms with van der Waals surface area (Å²) in [4.78, 5) is 23.6. The zero-order valence-corrected chi connectivity index (χ0v) is 12.4. The number of hydrogen-bond donors (Lipinski definition) is 2. The van der Waals surface area contributed by atoms with Gasteiger partial charge in [0, 0.05) is 13.0 Å². The van der Waals surface area contributed by atoms with Crippen LogP contribution in [0.4, 0.5) is 10.1 Å². The number of hydrogen-bond acceptors (Lipinski definition) is 3. The van der Waals surface area contributed by atoms with Crippen molar-refractivity contribution in [2.75, 3.05) is 11.9 Å². The highest BCUT2D eigenvalue weighted by Gasteiger charge is 2.13. The number of halogens is 1. The van der Waals surface area contributed by atoms with Crippen LogP contribution in [0.15, 0.2) is 34.7 Å². The van der Waals surface area contributed by atoms with Crippen molar-refractivity contribution < 1.29 is 18.4 Å². The van der Waals surface area contributed by atoms with Gasteiger partial charge in [-0.2, -0.15) is 0 Å². The lowest BCUT2D eigenvalue weighted by atomic mass is 10.2. The van der Waals surface area contributed by atoms with Gasteiger partial charge in [-0.25, -0.2) is 4.39 Å². The summed E-state index contributed by atoms with van der Waals surface area (Å²) < 4.78 is 18.6. The molecule has 116 valence electrons. The van der Waals surface area contributed by atoms with Crippen molar-refractivity contribution >= 4 is 17.5 Å². The van der Waals surface area contributed by atoms with E-state index in [-0.39, 0.29) is 30.5 Å². The molecule has 1 aromatic heterocycles. The number of nitrogens with one attached hydrogen (secondary N) is 2. The summed E-state index contributed by atoms with van der Waals surface area (Å²) in [6.45, 7) is 3.61. The zero-order chi connectivity index (χ0) is 16.1. The summed E-state index contributed by atoms with van der Waals surface area (Å²) in [6, 6.07) is 7.56. The first-order valence-corrected chi connectivity index (χ1v) is 6.87. The summed E-state index contributed by atoms with van der Waals surface area (Å²) in [5.41, 5.74) is 0.576. The summed E-state index contributed by atoms with van der Waals surface area (Å²) in [7, 11) is 0. The minimum absolute atomic E-state index is 0.0515.